The third-order valence-corrected chi connectivity index (χ3v) is 6.31. The van der Waals surface area contributed by atoms with Gasteiger partial charge in [-0.25, -0.2) is 0 Å². The van der Waals surface area contributed by atoms with E-state index in [4.69, 9.17) is 9.63 Å². The summed E-state index contributed by atoms with van der Waals surface area (Å²) in [5, 5.41) is 12.9. The second-order valence-corrected chi connectivity index (χ2v) is 8.66. The lowest BCUT2D eigenvalue weighted by Gasteiger charge is -2.07. The molecule has 0 radical (unpaired) electrons. The molecule has 0 amide bonds. The average molecular weight is 500 g/mol. The number of carbonyl (C=O) groups is 1. The SMILES string of the molecule is Cc1ccc(-c2noc(-c3cc(-c4ccccc4)c(C(F)(F)F)s3)n2)ccccn1CCC(=O)O. The molecule has 0 spiro atoms. The lowest BCUT2D eigenvalue weighted by atomic mass is 10.1. The number of nitrogens with zero attached hydrogens (tertiary/aromatic N) is 3. The van der Waals surface area contributed by atoms with Gasteiger partial charge in [-0.3, -0.25) is 4.79 Å². The molecule has 0 aliphatic carbocycles. The highest BCUT2D eigenvalue weighted by Crippen LogP contribution is 2.45. The molecule has 0 fully saturated rings. The Labute approximate surface area is 202 Å². The summed E-state index contributed by atoms with van der Waals surface area (Å²) in [6.45, 7) is 2.14. The molecule has 0 bridgehead atoms. The third-order valence-electron chi connectivity index (χ3n) is 5.15. The molecule has 180 valence electrons. The van der Waals surface area contributed by atoms with Gasteiger partial charge in [-0.15, -0.1) is 11.3 Å². The van der Waals surface area contributed by atoms with Crippen molar-refractivity contribution in [2.45, 2.75) is 26.1 Å². The zero-order valence-electron chi connectivity index (χ0n) is 18.5. The van der Waals surface area contributed by atoms with Crippen LogP contribution in [0.1, 0.15) is 17.0 Å². The highest BCUT2D eigenvalue weighted by molar-refractivity contribution is 7.16. The van der Waals surface area contributed by atoms with E-state index in [-0.39, 0.29) is 28.6 Å². The molecule has 0 saturated carbocycles. The fourth-order valence-corrected chi connectivity index (χ4v) is 4.36. The number of aromatic nitrogens is 3. The van der Waals surface area contributed by atoms with Crippen LogP contribution in [0.2, 0.25) is 0 Å². The maximum absolute atomic E-state index is 13.7. The minimum absolute atomic E-state index is 0.00817. The normalized spacial score (nSPS) is 11.3. The zero-order chi connectivity index (χ0) is 25.0. The number of aryl methyl sites for hydroxylation is 2. The first-order valence-electron chi connectivity index (χ1n) is 10.5. The van der Waals surface area contributed by atoms with Gasteiger partial charge in [0.2, 0.25) is 5.82 Å². The first kappa shape index (κ1) is 24.2. The third kappa shape index (κ3) is 5.78. The minimum Gasteiger partial charge on any atom is -0.481 e. The van der Waals surface area contributed by atoms with E-state index >= 15 is 0 Å². The van der Waals surface area contributed by atoms with Gasteiger partial charge >= 0.3 is 12.1 Å². The summed E-state index contributed by atoms with van der Waals surface area (Å²) in [6, 6.07) is 18.5. The van der Waals surface area contributed by atoms with Crippen LogP contribution in [0.3, 0.4) is 0 Å². The van der Waals surface area contributed by atoms with Gasteiger partial charge in [-0.05, 0) is 36.8 Å². The second kappa shape index (κ2) is 10.1. The number of benzene rings is 1. The molecular weight excluding hydrogens is 479 g/mol. The smallest absolute Gasteiger partial charge is 0.426 e. The summed E-state index contributed by atoms with van der Waals surface area (Å²) in [5.74, 6) is -0.683. The van der Waals surface area contributed by atoms with Gasteiger partial charge in [0.05, 0.1) is 11.3 Å². The van der Waals surface area contributed by atoms with Crippen molar-refractivity contribution in [3.05, 3.63) is 83.5 Å². The van der Waals surface area contributed by atoms with Gasteiger partial charge in [-0.2, -0.15) is 18.2 Å². The van der Waals surface area contributed by atoms with E-state index in [9.17, 15) is 18.0 Å². The summed E-state index contributed by atoms with van der Waals surface area (Å²) in [4.78, 5) is 14.7. The molecule has 1 N–H and O–H groups in total. The van der Waals surface area contributed by atoms with E-state index in [2.05, 4.69) is 10.1 Å². The van der Waals surface area contributed by atoms with Gasteiger partial charge in [-0.1, -0.05) is 47.6 Å². The number of thiophene rings is 1. The van der Waals surface area contributed by atoms with Crippen LogP contribution in [0.4, 0.5) is 13.2 Å². The quantitative estimate of drug-likeness (QED) is 0.313. The van der Waals surface area contributed by atoms with Crippen molar-refractivity contribution in [2.75, 3.05) is 0 Å². The number of hydrogen-bond donors (Lipinski definition) is 1. The van der Waals surface area contributed by atoms with Crippen molar-refractivity contribution in [1.29, 1.82) is 0 Å². The van der Waals surface area contributed by atoms with Crippen LogP contribution in [0.25, 0.3) is 33.3 Å². The lowest BCUT2D eigenvalue weighted by molar-refractivity contribution is -0.137. The van der Waals surface area contributed by atoms with Gasteiger partial charge in [0.25, 0.3) is 5.89 Å². The zero-order valence-corrected chi connectivity index (χ0v) is 19.3. The Bertz CT molecular complexity index is 1390. The molecule has 0 atom stereocenters. The molecule has 0 saturated heterocycles. The molecule has 6 nitrogen and oxygen atoms in total. The van der Waals surface area contributed by atoms with E-state index in [0.717, 1.165) is 5.69 Å². The summed E-state index contributed by atoms with van der Waals surface area (Å²) < 4.78 is 48.3. The Kier molecular flexibility index (Phi) is 7.02. The molecule has 35 heavy (non-hydrogen) atoms. The predicted molar refractivity (Wildman–Crippen MR) is 126 cm³/mol. The molecule has 1 aromatic carbocycles. The summed E-state index contributed by atoms with van der Waals surface area (Å²) in [7, 11) is 0. The Balaban J connectivity index is 1.70. The largest absolute Gasteiger partial charge is 0.481 e. The summed E-state index contributed by atoms with van der Waals surface area (Å²) >= 11 is 0.557. The van der Waals surface area contributed by atoms with Crippen LogP contribution in [0, 0.1) is 6.92 Å². The van der Waals surface area contributed by atoms with E-state index in [0.29, 0.717) is 29.0 Å². The van der Waals surface area contributed by atoms with E-state index in [1.807, 2.05) is 6.92 Å². The first-order valence-corrected chi connectivity index (χ1v) is 11.4. The summed E-state index contributed by atoms with van der Waals surface area (Å²) in [5.41, 5.74) is 1.89. The number of aliphatic carboxylic acids is 1. The average Bonchev–Trinajstić information content (AvgIpc) is 3.49. The number of hydrogen-bond acceptors (Lipinski definition) is 5. The Hall–Kier alpha value is -3.92. The van der Waals surface area contributed by atoms with E-state index in [1.165, 1.54) is 6.07 Å². The monoisotopic (exact) mass is 499 g/mol. The van der Waals surface area contributed by atoms with Crippen molar-refractivity contribution in [3.8, 4) is 33.3 Å². The standard InChI is InChI=1S/C25H20F3N3O3S/c1-16-10-11-18(9-5-6-13-31(16)14-12-21(32)33)23-29-24(34-30-23)20-15-19(17-7-3-2-4-8-17)22(35-20)25(26,27)28/h2-11,13,15H,12,14H2,1H3,(H,32,33). The molecule has 3 heterocycles. The van der Waals surface area contributed by atoms with Crippen molar-refractivity contribution >= 4 is 17.3 Å². The molecule has 4 aromatic rings. The van der Waals surface area contributed by atoms with Crippen molar-refractivity contribution in [2.24, 2.45) is 0 Å². The number of carboxylic acids is 1. The highest BCUT2D eigenvalue weighted by atomic mass is 32.1. The molecule has 10 heteroatoms. The highest BCUT2D eigenvalue weighted by Gasteiger charge is 2.37. The lowest BCUT2D eigenvalue weighted by Crippen LogP contribution is -2.05. The Morgan fingerprint density at radius 3 is 2.49 bits per heavy atom. The van der Waals surface area contributed by atoms with E-state index in [1.54, 1.807) is 71.4 Å². The molecule has 0 aliphatic heterocycles. The van der Waals surface area contributed by atoms with Gasteiger partial charge in [0.1, 0.15) is 4.88 Å². The Morgan fingerprint density at radius 1 is 1.06 bits per heavy atom. The fourth-order valence-electron chi connectivity index (χ4n) is 3.39. The number of alkyl halides is 3. The predicted octanol–water partition coefficient (Wildman–Crippen LogP) is 6.86. The van der Waals surface area contributed by atoms with Crippen LogP contribution in [0.5, 0.6) is 0 Å². The van der Waals surface area contributed by atoms with Crippen LogP contribution in [-0.4, -0.2) is 25.8 Å². The molecule has 0 aliphatic rings. The van der Waals surface area contributed by atoms with Crippen LogP contribution >= 0.6 is 11.3 Å². The van der Waals surface area contributed by atoms with Crippen molar-refractivity contribution in [3.63, 3.8) is 0 Å². The van der Waals surface area contributed by atoms with E-state index < -0.39 is 17.0 Å². The van der Waals surface area contributed by atoms with Crippen molar-refractivity contribution < 1.29 is 27.6 Å². The van der Waals surface area contributed by atoms with Gasteiger partial charge in [0, 0.05) is 29.6 Å². The minimum atomic E-state index is -4.53. The summed E-state index contributed by atoms with van der Waals surface area (Å²) in [6.07, 6.45) is -2.78. The maximum atomic E-state index is 13.7. The molecular formula is C25H20F3N3O3S. The van der Waals surface area contributed by atoms with Crippen LogP contribution in [0.15, 0.2) is 77.4 Å². The number of rotatable bonds is 6. The molecule has 4 rings (SSSR count). The first-order chi connectivity index (χ1) is 16.7. The fraction of sp³-hybridized carbons (Fsp3) is 0.160. The van der Waals surface area contributed by atoms with Gasteiger partial charge in [0.15, 0.2) is 0 Å². The maximum Gasteiger partial charge on any atom is 0.426 e. The molecule has 3 aromatic heterocycles. The topological polar surface area (TPSA) is 81.2 Å². The van der Waals surface area contributed by atoms with Crippen molar-refractivity contribution in [1.82, 2.24) is 14.7 Å². The Morgan fingerprint density at radius 2 is 1.77 bits per heavy atom. The number of carboxylic acid groups (broad SMARTS) is 1. The second-order valence-electron chi connectivity index (χ2n) is 7.61. The molecule has 0 unspecified atom stereocenters. The van der Waals surface area contributed by atoms with Crippen LogP contribution < -0.4 is 0 Å². The number of halogens is 3. The van der Waals surface area contributed by atoms with Crippen LogP contribution in [-0.2, 0) is 17.5 Å². The van der Waals surface area contributed by atoms with Gasteiger partial charge < -0.3 is 14.2 Å².